The highest BCUT2D eigenvalue weighted by molar-refractivity contribution is 5.78. The Morgan fingerprint density at radius 1 is 1.36 bits per heavy atom. The quantitative estimate of drug-likeness (QED) is 0.625. The molecule has 0 rings (SSSR count). The van der Waals surface area contributed by atoms with E-state index in [0.29, 0.717) is 0 Å². The molecule has 2 N–H and O–H groups in total. The van der Waals surface area contributed by atoms with Crippen LogP contribution >= 0.6 is 0 Å². The van der Waals surface area contributed by atoms with Gasteiger partial charge in [0.05, 0.1) is 12.0 Å². The normalized spacial score (nSPS) is 16.2. The minimum Gasteiger partial charge on any atom is -0.392 e. The van der Waals surface area contributed by atoms with Gasteiger partial charge < -0.3 is 10.4 Å². The van der Waals surface area contributed by atoms with E-state index in [1.165, 1.54) is 0 Å². The molecule has 0 aliphatic heterocycles. The summed E-state index contributed by atoms with van der Waals surface area (Å²) >= 11 is 0. The maximum Gasteiger partial charge on any atom is 0.225 e. The molecule has 66 valence electrons. The Kier molecular flexibility index (Phi) is 4.11. The Bertz CT molecular complexity index is 134. The summed E-state index contributed by atoms with van der Waals surface area (Å²) in [4.78, 5) is 11.0. The van der Waals surface area contributed by atoms with Gasteiger partial charge in [-0.2, -0.15) is 0 Å². The molecule has 0 heterocycles. The Morgan fingerprint density at radius 2 is 1.82 bits per heavy atom. The van der Waals surface area contributed by atoms with Crippen LogP contribution < -0.4 is 5.32 Å². The first kappa shape index (κ1) is 10.4. The topological polar surface area (TPSA) is 49.3 Å². The summed E-state index contributed by atoms with van der Waals surface area (Å²) in [5, 5.41) is 11.9. The largest absolute Gasteiger partial charge is 0.392 e. The monoisotopic (exact) mass is 159 g/mol. The summed E-state index contributed by atoms with van der Waals surface area (Å²) in [5.74, 6) is -0.298. The highest BCUT2D eigenvalue weighted by atomic mass is 16.3. The van der Waals surface area contributed by atoms with Crippen molar-refractivity contribution in [2.45, 2.75) is 26.9 Å². The molecule has 0 saturated carbocycles. The van der Waals surface area contributed by atoms with Crippen LogP contribution in [0, 0.1) is 11.8 Å². The van der Waals surface area contributed by atoms with Gasteiger partial charge in [0.1, 0.15) is 0 Å². The zero-order valence-electron chi connectivity index (χ0n) is 7.59. The predicted molar refractivity (Wildman–Crippen MR) is 44.1 cm³/mol. The molecule has 0 saturated heterocycles. The van der Waals surface area contributed by atoms with E-state index in [9.17, 15) is 9.90 Å². The van der Waals surface area contributed by atoms with Crippen LogP contribution in [-0.2, 0) is 4.79 Å². The smallest absolute Gasteiger partial charge is 0.225 e. The van der Waals surface area contributed by atoms with Crippen LogP contribution in [0.15, 0.2) is 0 Å². The van der Waals surface area contributed by atoms with Crippen molar-refractivity contribution in [3.05, 3.63) is 0 Å². The fourth-order valence-electron chi connectivity index (χ4n) is 0.960. The van der Waals surface area contributed by atoms with E-state index in [0.717, 1.165) is 0 Å². The third-order valence-electron chi connectivity index (χ3n) is 1.86. The summed E-state index contributed by atoms with van der Waals surface area (Å²) in [6.45, 7) is 5.51. The maximum atomic E-state index is 11.0. The number of nitrogens with one attached hydrogen (secondary N) is 1. The van der Waals surface area contributed by atoms with Gasteiger partial charge in [0.15, 0.2) is 0 Å². The number of rotatable bonds is 3. The number of aliphatic hydroxyl groups excluding tert-OH is 1. The lowest BCUT2D eigenvalue weighted by molar-refractivity contribution is -0.128. The molecule has 0 aromatic heterocycles. The minimum absolute atomic E-state index is 0.105. The first-order valence-electron chi connectivity index (χ1n) is 3.90. The predicted octanol–water partition coefficient (Wildman–Crippen LogP) is 0.385. The first-order chi connectivity index (χ1) is 5.00. The standard InChI is InChI=1S/C8H17NO2/c1-5(2)7(10)6(3)8(11)9-4/h5-7,10H,1-4H3,(H,9,11)/t6-,7-/m1/s1. The SMILES string of the molecule is CNC(=O)[C@H](C)[C@H](O)C(C)C. The molecule has 0 bridgehead atoms. The fraction of sp³-hybridized carbons (Fsp3) is 0.875. The minimum atomic E-state index is -0.546. The average Bonchev–Trinajstić information content (AvgIpc) is 2.00. The van der Waals surface area contributed by atoms with Crippen molar-refractivity contribution in [3.63, 3.8) is 0 Å². The highest BCUT2D eigenvalue weighted by Crippen LogP contribution is 2.11. The van der Waals surface area contributed by atoms with Gasteiger partial charge in [0, 0.05) is 7.05 Å². The Balaban J connectivity index is 4.01. The Morgan fingerprint density at radius 3 is 2.09 bits per heavy atom. The summed E-state index contributed by atoms with van der Waals surface area (Å²) in [5.41, 5.74) is 0. The molecule has 0 fully saturated rings. The van der Waals surface area contributed by atoms with Gasteiger partial charge in [0.2, 0.25) is 5.91 Å². The van der Waals surface area contributed by atoms with Gasteiger partial charge in [-0.05, 0) is 5.92 Å². The van der Waals surface area contributed by atoms with E-state index in [1.807, 2.05) is 13.8 Å². The second-order valence-electron chi connectivity index (χ2n) is 3.14. The van der Waals surface area contributed by atoms with Crippen molar-refractivity contribution < 1.29 is 9.90 Å². The van der Waals surface area contributed by atoms with E-state index < -0.39 is 6.10 Å². The molecule has 0 aliphatic rings. The molecule has 2 atom stereocenters. The molecule has 11 heavy (non-hydrogen) atoms. The van der Waals surface area contributed by atoms with Crippen LogP contribution in [0.5, 0.6) is 0 Å². The molecule has 0 unspecified atom stereocenters. The zero-order valence-corrected chi connectivity index (χ0v) is 7.59. The van der Waals surface area contributed by atoms with E-state index >= 15 is 0 Å². The number of hydrogen-bond donors (Lipinski definition) is 2. The van der Waals surface area contributed by atoms with Crippen LogP contribution in [0.1, 0.15) is 20.8 Å². The third-order valence-corrected chi connectivity index (χ3v) is 1.86. The van der Waals surface area contributed by atoms with Crippen molar-refractivity contribution in [1.82, 2.24) is 5.32 Å². The van der Waals surface area contributed by atoms with Crippen LogP contribution in [0.3, 0.4) is 0 Å². The molecule has 0 aliphatic carbocycles. The summed E-state index contributed by atoms with van der Waals surface area (Å²) in [6, 6.07) is 0. The number of amides is 1. The average molecular weight is 159 g/mol. The Labute approximate surface area is 67.8 Å². The summed E-state index contributed by atoms with van der Waals surface area (Å²) in [6.07, 6.45) is -0.546. The van der Waals surface area contributed by atoms with E-state index in [-0.39, 0.29) is 17.7 Å². The number of carbonyl (C=O) groups excluding carboxylic acids is 1. The lowest BCUT2D eigenvalue weighted by atomic mass is 9.94. The molecule has 3 nitrogen and oxygen atoms in total. The number of aliphatic hydroxyl groups is 1. The summed E-state index contributed by atoms with van der Waals surface area (Å²) < 4.78 is 0. The third kappa shape index (κ3) is 2.89. The molecule has 1 amide bonds. The van der Waals surface area contributed by atoms with Gasteiger partial charge >= 0.3 is 0 Å². The second-order valence-corrected chi connectivity index (χ2v) is 3.14. The molecule has 3 heteroatoms. The van der Waals surface area contributed by atoms with Crippen molar-refractivity contribution in [1.29, 1.82) is 0 Å². The van der Waals surface area contributed by atoms with Gasteiger partial charge in [-0.3, -0.25) is 4.79 Å². The fourth-order valence-corrected chi connectivity index (χ4v) is 0.960. The van der Waals surface area contributed by atoms with Crippen molar-refractivity contribution in [2.75, 3.05) is 7.05 Å². The first-order valence-corrected chi connectivity index (χ1v) is 3.90. The molecular weight excluding hydrogens is 142 g/mol. The number of hydrogen-bond acceptors (Lipinski definition) is 2. The molecular formula is C8H17NO2. The maximum absolute atomic E-state index is 11.0. The van der Waals surface area contributed by atoms with Gasteiger partial charge in [-0.25, -0.2) is 0 Å². The lowest BCUT2D eigenvalue weighted by Crippen LogP contribution is -2.36. The van der Waals surface area contributed by atoms with Crippen LogP contribution in [0.25, 0.3) is 0 Å². The van der Waals surface area contributed by atoms with E-state index in [2.05, 4.69) is 5.32 Å². The summed E-state index contributed by atoms with van der Waals surface area (Å²) in [7, 11) is 1.58. The van der Waals surface area contributed by atoms with E-state index in [1.54, 1.807) is 14.0 Å². The van der Waals surface area contributed by atoms with Gasteiger partial charge in [-0.15, -0.1) is 0 Å². The van der Waals surface area contributed by atoms with Crippen LogP contribution in [-0.4, -0.2) is 24.2 Å². The van der Waals surface area contributed by atoms with Crippen molar-refractivity contribution in [3.8, 4) is 0 Å². The molecule has 0 spiro atoms. The second kappa shape index (κ2) is 4.34. The molecule has 0 aromatic rings. The van der Waals surface area contributed by atoms with Crippen LogP contribution in [0.4, 0.5) is 0 Å². The molecule has 0 radical (unpaired) electrons. The zero-order chi connectivity index (χ0) is 9.02. The molecule has 0 aromatic carbocycles. The van der Waals surface area contributed by atoms with Crippen LogP contribution in [0.2, 0.25) is 0 Å². The van der Waals surface area contributed by atoms with Gasteiger partial charge in [-0.1, -0.05) is 20.8 Å². The van der Waals surface area contributed by atoms with Gasteiger partial charge in [0.25, 0.3) is 0 Å². The lowest BCUT2D eigenvalue weighted by Gasteiger charge is -2.20. The van der Waals surface area contributed by atoms with Crippen molar-refractivity contribution in [2.24, 2.45) is 11.8 Å². The van der Waals surface area contributed by atoms with Crippen molar-refractivity contribution >= 4 is 5.91 Å². The Hall–Kier alpha value is -0.570. The highest BCUT2D eigenvalue weighted by Gasteiger charge is 2.23. The number of carbonyl (C=O) groups is 1. The van der Waals surface area contributed by atoms with E-state index in [4.69, 9.17) is 0 Å².